The molecule has 0 radical (unpaired) electrons. The van der Waals surface area contributed by atoms with Gasteiger partial charge in [-0.15, -0.1) is 0 Å². The van der Waals surface area contributed by atoms with Crippen molar-refractivity contribution in [2.24, 2.45) is 11.8 Å². The normalized spacial score (nSPS) is 12.4. The van der Waals surface area contributed by atoms with Gasteiger partial charge in [0.05, 0.1) is 0 Å². The molecule has 70 heavy (non-hydrogen) atoms. The lowest BCUT2D eigenvalue weighted by Crippen LogP contribution is -2.30. The zero-order chi connectivity index (χ0) is 51.1. The largest absolute Gasteiger partial charge is 0.462 e. The van der Waals surface area contributed by atoms with E-state index in [1.165, 1.54) is 250 Å². The molecule has 0 saturated heterocycles. The molecule has 0 bridgehead atoms. The number of esters is 3. The zero-order valence-corrected chi connectivity index (χ0v) is 48.2. The van der Waals surface area contributed by atoms with Gasteiger partial charge in [-0.3, -0.25) is 14.4 Å². The summed E-state index contributed by atoms with van der Waals surface area (Å²) in [5, 5.41) is 0. The maximum atomic E-state index is 12.9. The summed E-state index contributed by atoms with van der Waals surface area (Å²) in [4.78, 5) is 38.3. The van der Waals surface area contributed by atoms with E-state index in [2.05, 4.69) is 34.6 Å². The fraction of sp³-hybridized carbons (Fsp3) is 0.953. The Labute approximate surface area is 438 Å². The van der Waals surface area contributed by atoms with Gasteiger partial charge in [-0.2, -0.15) is 0 Å². The van der Waals surface area contributed by atoms with Crippen LogP contribution in [0, 0.1) is 11.8 Å². The molecule has 6 nitrogen and oxygen atoms in total. The first-order valence-corrected chi connectivity index (χ1v) is 31.8. The van der Waals surface area contributed by atoms with Crippen molar-refractivity contribution in [2.75, 3.05) is 13.2 Å². The highest BCUT2D eigenvalue weighted by atomic mass is 16.6. The third kappa shape index (κ3) is 55.7. The van der Waals surface area contributed by atoms with Crippen molar-refractivity contribution in [1.29, 1.82) is 0 Å². The average Bonchev–Trinajstić information content (AvgIpc) is 3.35. The molecule has 0 aliphatic carbocycles. The highest BCUT2D eigenvalue weighted by Crippen LogP contribution is 2.19. The van der Waals surface area contributed by atoms with Gasteiger partial charge >= 0.3 is 17.9 Å². The van der Waals surface area contributed by atoms with Crippen LogP contribution in [0.3, 0.4) is 0 Å². The lowest BCUT2D eigenvalue weighted by atomic mass is 9.99. The summed E-state index contributed by atoms with van der Waals surface area (Å²) in [7, 11) is 0. The fourth-order valence-corrected chi connectivity index (χ4v) is 9.90. The number of carbonyl (C=O) groups excluding carboxylic acids is 3. The van der Waals surface area contributed by atoms with Crippen molar-refractivity contribution in [2.45, 2.75) is 368 Å². The number of carbonyl (C=O) groups is 3. The second-order valence-corrected chi connectivity index (χ2v) is 22.8. The van der Waals surface area contributed by atoms with Crippen molar-refractivity contribution >= 4 is 17.9 Å². The lowest BCUT2D eigenvalue weighted by molar-refractivity contribution is -0.167. The molecule has 0 aliphatic heterocycles. The number of unbranched alkanes of at least 4 members (excludes halogenated alkanes) is 42. The van der Waals surface area contributed by atoms with E-state index in [0.29, 0.717) is 19.3 Å². The summed E-state index contributed by atoms with van der Waals surface area (Å²) in [5.41, 5.74) is 0. The van der Waals surface area contributed by atoms with E-state index in [9.17, 15) is 14.4 Å². The topological polar surface area (TPSA) is 78.9 Å². The van der Waals surface area contributed by atoms with Gasteiger partial charge in [0, 0.05) is 19.3 Å². The molecular formula is C64H124O6. The fourth-order valence-electron chi connectivity index (χ4n) is 9.90. The Morgan fingerprint density at radius 3 is 0.814 bits per heavy atom. The summed E-state index contributed by atoms with van der Waals surface area (Å²) in [6.07, 6.45) is 62.3. The Balaban J connectivity index is 4.30. The van der Waals surface area contributed by atoms with Crippen molar-refractivity contribution in [3.63, 3.8) is 0 Å². The molecule has 0 fully saturated rings. The molecule has 6 heteroatoms. The van der Waals surface area contributed by atoms with E-state index in [0.717, 1.165) is 69.6 Å². The van der Waals surface area contributed by atoms with Crippen LogP contribution in [-0.4, -0.2) is 37.2 Å². The molecule has 0 aromatic carbocycles. The highest BCUT2D eigenvalue weighted by molar-refractivity contribution is 5.71. The van der Waals surface area contributed by atoms with E-state index < -0.39 is 6.10 Å². The summed E-state index contributed by atoms with van der Waals surface area (Å²) < 4.78 is 17.0. The molecule has 0 heterocycles. The van der Waals surface area contributed by atoms with Crippen molar-refractivity contribution < 1.29 is 28.6 Å². The number of hydrogen-bond donors (Lipinski definition) is 0. The van der Waals surface area contributed by atoms with Crippen LogP contribution in [0.2, 0.25) is 0 Å². The van der Waals surface area contributed by atoms with Crippen LogP contribution in [0.1, 0.15) is 362 Å². The molecule has 2 atom stereocenters. The summed E-state index contributed by atoms with van der Waals surface area (Å²) >= 11 is 0. The van der Waals surface area contributed by atoms with Crippen LogP contribution in [0.25, 0.3) is 0 Å². The molecule has 0 rings (SSSR count). The second kappa shape index (κ2) is 56.7. The minimum atomic E-state index is -0.764. The average molecular weight is 990 g/mol. The Hall–Kier alpha value is -1.59. The van der Waals surface area contributed by atoms with E-state index in [1.54, 1.807) is 0 Å². The van der Waals surface area contributed by atoms with Gasteiger partial charge in [0.15, 0.2) is 6.10 Å². The quantitative estimate of drug-likeness (QED) is 0.0343. The first-order valence-electron chi connectivity index (χ1n) is 31.8. The van der Waals surface area contributed by atoms with Gasteiger partial charge in [-0.1, -0.05) is 324 Å². The van der Waals surface area contributed by atoms with Crippen LogP contribution in [0.4, 0.5) is 0 Å². The maximum absolute atomic E-state index is 12.9. The van der Waals surface area contributed by atoms with Crippen molar-refractivity contribution in [3.8, 4) is 0 Å². The molecule has 0 saturated carbocycles. The maximum Gasteiger partial charge on any atom is 0.306 e. The van der Waals surface area contributed by atoms with Crippen LogP contribution < -0.4 is 0 Å². The smallest absolute Gasteiger partial charge is 0.306 e. The standard InChI is InChI=1S/C64H124O6/c1-6-8-9-10-11-12-13-14-15-18-24-29-34-39-44-49-54-62(65)68-57-61(70-64(67)56-51-46-41-36-31-26-19-16-17-22-27-32-37-42-47-52-59(3)4)58-69-63(66)55-50-45-40-35-30-25-21-20-23-28-33-38-43-48-53-60(5)7-2/h59-61H,6-58H2,1-5H3/t60?,61-/m0/s1. The predicted octanol–water partition coefficient (Wildman–Crippen LogP) is 21.2. The van der Waals surface area contributed by atoms with Gasteiger partial charge in [-0.25, -0.2) is 0 Å². The number of rotatable bonds is 58. The van der Waals surface area contributed by atoms with E-state index in [-0.39, 0.29) is 31.1 Å². The van der Waals surface area contributed by atoms with Crippen molar-refractivity contribution in [3.05, 3.63) is 0 Å². The van der Waals surface area contributed by atoms with Crippen LogP contribution in [-0.2, 0) is 28.6 Å². The Morgan fingerprint density at radius 2 is 0.543 bits per heavy atom. The number of ether oxygens (including phenoxy) is 3. The Bertz CT molecular complexity index is 1070. The molecule has 416 valence electrons. The first kappa shape index (κ1) is 68.4. The van der Waals surface area contributed by atoms with Gasteiger partial charge in [-0.05, 0) is 31.1 Å². The van der Waals surface area contributed by atoms with Gasteiger partial charge < -0.3 is 14.2 Å². The third-order valence-corrected chi connectivity index (χ3v) is 15.1. The monoisotopic (exact) mass is 989 g/mol. The van der Waals surface area contributed by atoms with Gasteiger partial charge in [0.25, 0.3) is 0 Å². The van der Waals surface area contributed by atoms with Crippen molar-refractivity contribution in [1.82, 2.24) is 0 Å². The molecule has 0 amide bonds. The molecule has 0 aromatic rings. The summed E-state index contributed by atoms with van der Waals surface area (Å²) in [6, 6.07) is 0. The minimum Gasteiger partial charge on any atom is -0.462 e. The lowest BCUT2D eigenvalue weighted by Gasteiger charge is -2.18. The first-order chi connectivity index (χ1) is 34.3. The molecular weight excluding hydrogens is 865 g/mol. The van der Waals surface area contributed by atoms with E-state index >= 15 is 0 Å². The van der Waals surface area contributed by atoms with Crippen LogP contribution in [0.5, 0.6) is 0 Å². The summed E-state index contributed by atoms with van der Waals surface area (Å²) in [6.45, 7) is 11.5. The van der Waals surface area contributed by atoms with E-state index in [1.807, 2.05) is 0 Å². The van der Waals surface area contributed by atoms with E-state index in [4.69, 9.17) is 14.2 Å². The zero-order valence-electron chi connectivity index (χ0n) is 48.2. The molecule has 0 aromatic heterocycles. The molecule has 0 aliphatic rings. The second-order valence-electron chi connectivity index (χ2n) is 22.8. The molecule has 0 N–H and O–H groups in total. The van der Waals surface area contributed by atoms with Crippen LogP contribution >= 0.6 is 0 Å². The Morgan fingerprint density at radius 1 is 0.300 bits per heavy atom. The molecule has 1 unspecified atom stereocenters. The predicted molar refractivity (Wildman–Crippen MR) is 303 cm³/mol. The third-order valence-electron chi connectivity index (χ3n) is 15.1. The number of hydrogen-bond acceptors (Lipinski definition) is 6. The van der Waals surface area contributed by atoms with Gasteiger partial charge in [0.2, 0.25) is 0 Å². The van der Waals surface area contributed by atoms with Crippen LogP contribution in [0.15, 0.2) is 0 Å². The SMILES string of the molecule is CCCCCCCCCCCCCCCCCCC(=O)OC[C@@H](COC(=O)CCCCCCCCCCCCCCCCC(C)CC)OC(=O)CCCCCCCCCCCCCCCCCC(C)C. The Kier molecular flexibility index (Phi) is 55.4. The van der Waals surface area contributed by atoms with Gasteiger partial charge in [0.1, 0.15) is 13.2 Å². The molecule has 0 spiro atoms. The summed E-state index contributed by atoms with van der Waals surface area (Å²) in [5.74, 6) is 0.912. The minimum absolute atomic E-state index is 0.0618. The highest BCUT2D eigenvalue weighted by Gasteiger charge is 2.19.